The van der Waals surface area contributed by atoms with E-state index < -0.39 is 0 Å². The second-order valence-corrected chi connectivity index (χ2v) is 5.84. The van der Waals surface area contributed by atoms with Gasteiger partial charge in [0.1, 0.15) is 6.10 Å². The fourth-order valence-electron chi connectivity index (χ4n) is 2.65. The van der Waals surface area contributed by atoms with Crippen LogP contribution in [0.4, 0.5) is 0 Å². The highest BCUT2D eigenvalue weighted by Gasteiger charge is 2.26. The molecule has 0 spiro atoms. The molecular weight excluding hydrogens is 292 g/mol. The Morgan fingerprint density at radius 2 is 2.00 bits per heavy atom. The average Bonchev–Trinajstić information content (AvgIpc) is 2.37. The molecule has 3 heteroatoms. The molecule has 0 N–H and O–H groups in total. The minimum Gasteiger partial charge on any atom is -0.370 e. The lowest BCUT2D eigenvalue weighted by Crippen LogP contribution is -2.29. The Balaban J connectivity index is 2.38. The molecule has 1 fully saturated rings. The van der Waals surface area contributed by atoms with Gasteiger partial charge in [-0.15, -0.1) is 0 Å². The third-order valence-corrected chi connectivity index (χ3v) is 4.82. The maximum absolute atomic E-state index is 12.6. The Labute approximate surface area is 117 Å². The highest BCUT2D eigenvalue weighted by Crippen LogP contribution is 2.29. The van der Waals surface area contributed by atoms with Crippen LogP contribution in [0.15, 0.2) is 10.5 Å². The molecule has 0 aromatic heterocycles. The van der Waals surface area contributed by atoms with Gasteiger partial charge >= 0.3 is 0 Å². The van der Waals surface area contributed by atoms with Gasteiger partial charge in [-0.2, -0.15) is 0 Å². The maximum atomic E-state index is 12.6. The molecule has 98 valence electrons. The van der Waals surface area contributed by atoms with E-state index in [4.69, 9.17) is 4.74 Å². The van der Waals surface area contributed by atoms with Crippen LogP contribution < -0.4 is 0 Å². The maximum Gasteiger partial charge on any atom is 0.192 e. The number of Topliss-reactive ketones (excluding diaryl/α,β-unsaturated/α-hetero) is 1. The van der Waals surface area contributed by atoms with E-state index in [-0.39, 0.29) is 11.9 Å². The zero-order chi connectivity index (χ0) is 13.3. The van der Waals surface area contributed by atoms with E-state index in [1.807, 2.05) is 13.8 Å². The number of halogens is 1. The molecule has 1 aliphatic rings. The molecule has 18 heavy (non-hydrogen) atoms. The smallest absolute Gasteiger partial charge is 0.192 e. The van der Waals surface area contributed by atoms with Crippen LogP contribution in [0.5, 0.6) is 0 Å². The summed E-state index contributed by atoms with van der Waals surface area (Å²) in [4.78, 5) is 12.6. The molecule has 2 nitrogen and oxygen atoms in total. The van der Waals surface area contributed by atoms with E-state index in [9.17, 15) is 4.79 Å². The van der Waals surface area contributed by atoms with Crippen LogP contribution in [-0.2, 0) is 4.74 Å². The number of aryl methyl sites for hydroxylation is 2. The molecule has 1 saturated heterocycles. The molecule has 2 rings (SSSR count). The highest BCUT2D eigenvalue weighted by atomic mass is 79.9. The molecule has 1 aliphatic heterocycles. The predicted octanol–water partition coefficient (Wildman–Crippen LogP) is 4.13. The molecule has 0 bridgehead atoms. The largest absolute Gasteiger partial charge is 0.370 e. The van der Waals surface area contributed by atoms with Crippen LogP contribution in [0.2, 0.25) is 0 Å². The van der Waals surface area contributed by atoms with Gasteiger partial charge in [-0.1, -0.05) is 22.0 Å². The van der Waals surface area contributed by atoms with Crippen LogP contribution in [0.3, 0.4) is 0 Å². The van der Waals surface area contributed by atoms with Crippen molar-refractivity contribution in [2.24, 2.45) is 0 Å². The standard InChI is InChI=1S/C15H19BrO2/c1-9-8-10(2)14(16)11(3)13(9)15(17)12-6-4-5-7-18-12/h8,12H,4-7H2,1-3H3. The molecule has 0 amide bonds. The van der Waals surface area contributed by atoms with Gasteiger partial charge in [0.25, 0.3) is 0 Å². The predicted molar refractivity (Wildman–Crippen MR) is 76.3 cm³/mol. The number of hydrogen-bond acceptors (Lipinski definition) is 2. The summed E-state index contributed by atoms with van der Waals surface area (Å²) >= 11 is 3.56. The van der Waals surface area contributed by atoms with E-state index in [1.54, 1.807) is 0 Å². The van der Waals surface area contributed by atoms with Crippen LogP contribution >= 0.6 is 15.9 Å². The lowest BCUT2D eigenvalue weighted by Gasteiger charge is -2.23. The summed E-state index contributed by atoms with van der Waals surface area (Å²) in [6.07, 6.45) is 2.76. The zero-order valence-electron chi connectivity index (χ0n) is 11.2. The van der Waals surface area contributed by atoms with Crippen LogP contribution in [-0.4, -0.2) is 18.5 Å². The van der Waals surface area contributed by atoms with Crippen molar-refractivity contribution in [3.8, 4) is 0 Å². The minimum absolute atomic E-state index is 0.144. The fourth-order valence-corrected chi connectivity index (χ4v) is 2.96. The minimum atomic E-state index is -0.245. The van der Waals surface area contributed by atoms with Crippen molar-refractivity contribution in [2.75, 3.05) is 6.61 Å². The van der Waals surface area contributed by atoms with E-state index in [0.29, 0.717) is 6.61 Å². The third-order valence-electron chi connectivity index (χ3n) is 3.60. The molecular formula is C15H19BrO2. The first-order valence-electron chi connectivity index (χ1n) is 6.44. The van der Waals surface area contributed by atoms with Gasteiger partial charge in [0, 0.05) is 16.6 Å². The topological polar surface area (TPSA) is 26.3 Å². The van der Waals surface area contributed by atoms with E-state index in [0.717, 1.165) is 40.4 Å². The van der Waals surface area contributed by atoms with Crippen molar-refractivity contribution in [3.05, 3.63) is 32.8 Å². The third kappa shape index (κ3) is 2.52. The van der Waals surface area contributed by atoms with Gasteiger partial charge in [0.2, 0.25) is 0 Å². The van der Waals surface area contributed by atoms with Gasteiger partial charge in [0.15, 0.2) is 5.78 Å². The monoisotopic (exact) mass is 310 g/mol. The lowest BCUT2D eigenvalue weighted by atomic mass is 9.92. The van der Waals surface area contributed by atoms with Gasteiger partial charge in [-0.05, 0) is 56.7 Å². The lowest BCUT2D eigenvalue weighted by molar-refractivity contribution is 0.0185. The molecule has 0 saturated carbocycles. The Kier molecular flexibility index (Phi) is 4.23. The zero-order valence-corrected chi connectivity index (χ0v) is 12.8. The summed E-state index contributed by atoms with van der Waals surface area (Å²) < 4.78 is 6.64. The van der Waals surface area contributed by atoms with Gasteiger partial charge < -0.3 is 4.74 Å². The Morgan fingerprint density at radius 1 is 1.28 bits per heavy atom. The number of ether oxygens (including phenoxy) is 1. The quantitative estimate of drug-likeness (QED) is 0.768. The summed E-state index contributed by atoms with van der Waals surface area (Å²) in [5.74, 6) is 0.144. The first kappa shape index (κ1) is 13.8. The second-order valence-electron chi connectivity index (χ2n) is 5.04. The average molecular weight is 311 g/mol. The van der Waals surface area contributed by atoms with Crippen molar-refractivity contribution < 1.29 is 9.53 Å². The summed E-state index contributed by atoms with van der Waals surface area (Å²) in [6.45, 7) is 6.76. The summed E-state index contributed by atoms with van der Waals surface area (Å²) in [7, 11) is 0. The summed E-state index contributed by atoms with van der Waals surface area (Å²) in [6, 6.07) is 2.06. The number of benzene rings is 1. The SMILES string of the molecule is Cc1cc(C)c(C(=O)C2CCCCO2)c(C)c1Br. The number of ketones is 1. The first-order valence-corrected chi connectivity index (χ1v) is 7.23. The molecule has 0 radical (unpaired) electrons. The van der Waals surface area contributed by atoms with E-state index in [2.05, 4.69) is 28.9 Å². The molecule has 1 aromatic carbocycles. The van der Waals surface area contributed by atoms with Crippen LogP contribution in [0.25, 0.3) is 0 Å². The first-order chi connectivity index (χ1) is 8.52. The normalized spacial score (nSPS) is 19.9. The number of carbonyl (C=O) groups excluding carboxylic acids is 1. The Bertz CT molecular complexity index is 474. The molecule has 1 atom stereocenters. The fraction of sp³-hybridized carbons (Fsp3) is 0.533. The second kappa shape index (κ2) is 5.54. The van der Waals surface area contributed by atoms with Gasteiger partial charge in [0.05, 0.1) is 0 Å². The molecule has 1 aromatic rings. The molecule has 1 heterocycles. The number of hydrogen-bond donors (Lipinski definition) is 0. The van der Waals surface area contributed by atoms with Crippen molar-refractivity contribution in [3.63, 3.8) is 0 Å². The highest BCUT2D eigenvalue weighted by molar-refractivity contribution is 9.10. The van der Waals surface area contributed by atoms with Gasteiger partial charge in [-0.25, -0.2) is 0 Å². The van der Waals surface area contributed by atoms with Crippen molar-refractivity contribution in [2.45, 2.75) is 46.1 Å². The van der Waals surface area contributed by atoms with Crippen LogP contribution in [0, 0.1) is 20.8 Å². The van der Waals surface area contributed by atoms with Crippen molar-refractivity contribution in [1.82, 2.24) is 0 Å². The van der Waals surface area contributed by atoms with E-state index >= 15 is 0 Å². The number of carbonyl (C=O) groups is 1. The van der Waals surface area contributed by atoms with E-state index in [1.165, 1.54) is 5.56 Å². The summed E-state index contributed by atoms with van der Waals surface area (Å²) in [5, 5.41) is 0. The van der Waals surface area contributed by atoms with Crippen molar-refractivity contribution >= 4 is 21.7 Å². The van der Waals surface area contributed by atoms with Crippen molar-refractivity contribution in [1.29, 1.82) is 0 Å². The molecule has 0 aliphatic carbocycles. The summed E-state index contributed by atoms with van der Waals surface area (Å²) in [5.41, 5.74) is 4.09. The van der Waals surface area contributed by atoms with Gasteiger partial charge in [-0.3, -0.25) is 4.79 Å². The molecule has 1 unspecified atom stereocenters. The number of rotatable bonds is 2. The Morgan fingerprint density at radius 3 is 2.61 bits per heavy atom. The Hall–Kier alpha value is -0.670. The van der Waals surface area contributed by atoms with Crippen LogP contribution in [0.1, 0.15) is 46.3 Å².